The van der Waals surface area contributed by atoms with Gasteiger partial charge in [-0.2, -0.15) is 0 Å². The Morgan fingerprint density at radius 3 is 2.88 bits per heavy atom. The molecule has 1 unspecified atom stereocenters. The molecule has 1 fully saturated rings. The van der Waals surface area contributed by atoms with Crippen LogP contribution in [0, 0.1) is 0 Å². The highest BCUT2D eigenvalue weighted by molar-refractivity contribution is 5.03. The van der Waals surface area contributed by atoms with E-state index < -0.39 is 0 Å². The summed E-state index contributed by atoms with van der Waals surface area (Å²) in [6, 6.07) is 0.198. The summed E-state index contributed by atoms with van der Waals surface area (Å²) in [7, 11) is 0. The predicted octanol–water partition coefficient (Wildman–Crippen LogP) is 0.211. The molecule has 0 radical (unpaired) electrons. The van der Waals surface area contributed by atoms with Crippen molar-refractivity contribution in [2.45, 2.75) is 18.9 Å². The zero-order chi connectivity index (χ0) is 5.98. The van der Waals surface area contributed by atoms with Gasteiger partial charge in [0, 0.05) is 18.3 Å². The average Bonchev–Trinajstić information content (AvgIpc) is 1.77. The summed E-state index contributed by atoms with van der Waals surface area (Å²) in [5, 5.41) is 3.11. The minimum Gasteiger partial charge on any atom is -0.388 e. The van der Waals surface area contributed by atoms with Crippen molar-refractivity contribution in [1.29, 1.82) is 0 Å². The van der Waals surface area contributed by atoms with Crippen LogP contribution >= 0.6 is 0 Å². The highest BCUT2D eigenvalue weighted by Gasteiger charge is 2.10. The molecule has 0 aromatic rings. The average molecular weight is 112 g/mol. The van der Waals surface area contributed by atoms with Gasteiger partial charge in [-0.25, -0.2) is 0 Å². The van der Waals surface area contributed by atoms with Crippen molar-refractivity contribution in [1.82, 2.24) is 5.32 Å². The molecule has 1 rings (SSSR count). The molecule has 46 valence electrons. The van der Waals surface area contributed by atoms with Crippen molar-refractivity contribution in [2.75, 3.05) is 6.54 Å². The first kappa shape index (κ1) is 5.63. The molecule has 0 aromatic carbocycles. The van der Waals surface area contributed by atoms with Gasteiger partial charge in [0.2, 0.25) is 0 Å². The van der Waals surface area contributed by atoms with E-state index in [1.54, 1.807) is 0 Å². The lowest BCUT2D eigenvalue weighted by molar-refractivity contribution is 0.528. The Labute approximate surface area is 49.8 Å². The van der Waals surface area contributed by atoms with Gasteiger partial charge in [0.05, 0.1) is 0 Å². The van der Waals surface area contributed by atoms with Crippen LogP contribution in [0.4, 0.5) is 0 Å². The maximum absolute atomic E-state index is 5.62. The molecular formula is C6H12N2. The fourth-order valence-corrected chi connectivity index (χ4v) is 0.876. The Hall–Kier alpha value is -0.500. The van der Waals surface area contributed by atoms with E-state index in [0.29, 0.717) is 0 Å². The van der Waals surface area contributed by atoms with Gasteiger partial charge in [0.15, 0.2) is 0 Å². The van der Waals surface area contributed by atoms with Gasteiger partial charge in [0.25, 0.3) is 0 Å². The molecule has 1 saturated heterocycles. The monoisotopic (exact) mass is 112 g/mol. The van der Waals surface area contributed by atoms with Gasteiger partial charge in [-0.05, 0) is 12.8 Å². The predicted molar refractivity (Wildman–Crippen MR) is 34.4 cm³/mol. The summed E-state index contributed by atoms with van der Waals surface area (Å²) >= 11 is 0. The van der Waals surface area contributed by atoms with Crippen LogP contribution in [0.5, 0.6) is 0 Å². The second-order valence-electron chi connectivity index (χ2n) is 2.20. The van der Waals surface area contributed by atoms with Crippen molar-refractivity contribution in [3.63, 3.8) is 0 Å². The topological polar surface area (TPSA) is 38.0 Å². The van der Waals surface area contributed by atoms with Crippen molar-refractivity contribution < 1.29 is 0 Å². The minimum absolute atomic E-state index is 0.198. The van der Waals surface area contributed by atoms with Gasteiger partial charge in [-0.3, -0.25) is 0 Å². The van der Waals surface area contributed by atoms with E-state index >= 15 is 0 Å². The van der Waals surface area contributed by atoms with E-state index in [-0.39, 0.29) is 6.04 Å². The number of piperidine rings is 1. The standard InChI is InChI=1S/C6H12N2/c1-5-6(7)3-2-4-8-5/h6,8H,1-4,7H2. The maximum Gasteiger partial charge on any atom is 0.0439 e. The van der Waals surface area contributed by atoms with Gasteiger partial charge < -0.3 is 11.1 Å². The van der Waals surface area contributed by atoms with Crippen molar-refractivity contribution in [3.8, 4) is 0 Å². The van der Waals surface area contributed by atoms with E-state index in [4.69, 9.17) is 5.73 Å². The second-order valence-corrected chi connectivity index (χ2v) is 2.20. The normalized spacial score (nSPS) is 29.6. The first-order valence-electron chi connectivity index (χ1n) is 2.99. The molecule has 0 spiro atoms. The number of hydrogen-bond donors (Lipinski definition) is 2. The first-order valence-corrected chi connectivity index (χ1v) is 2.99. The second kappa shape index (κ2) is 2.18. The van der Waals surface area contributed by atoms with Crippen molar-refractivity contribution >= 4 is 0 Å². The number of rotatable bonds is 0. The molecule has 0 bridgehead atoms. The third-order valence-electron chi connectivity index (χ3n) is 1.49. The lowest BCUT2D eigenvalue weighted by Gasteiger charge is -2.21. The molecule has 1 aliphatic heterocycles. The maximum atomic E-state index is 5.62. The summed E-state index contributed by atoms with van der Waals surface area (Å²) in [5.41, 5.74) is 6.61. The SMILES string of the molecule is C=C1NCCCC1N. The molecule has 1 atom stereocenters. The number of nitrogens with one attached hydrogen (secondary N) is 1. The van der Waals surface area contributed by atoms with E-state index in [0.717, 1.165) is 18.7 Å². The first-order chi connectivity index (χ1) is 3.80. The summed E-state index contributed by atoms with van der Waals surface area (Å²) in [6.45, 7) is 4.81. The van der Waals surface area contributed by atoms with Crippen LogP contribution in [0.2, 0.25) is 0 Å². The van der Waals surface area contributed by atoms with Gasteiger partial charge in [-0.1, -0.05) is 6.58 Å². The molecule has 8 heavy (non-hydrogen) atoms. The highest BCUT2D eigenvalue weighted by Crippen LogP contribution is 2.05. The van der Waals surface area contributed by atoms with E-state index in [1.165, 1.54) is 6.42 Å². The van der Waals surface area contributed by atoms with E-state index in [1.807, 2.05) is 0 Å². The van der Waals surface area contributed by atoms with Gasteiger partial charge in [-0.15, -0.1) is 0 Å². The zero-order valence-corrected chi connectivity index (χ0v) is 4.98. The molecule has 0 aromatic heterocycles. The fourth-order valence-electron chi connectivity index (χ4n) is 0.876. The fraction of sp³-hybridized carbons (Fsp3) is 0.667. The number of hydrogen-bond acceptors (Lipinski definition) is 2. The summed E-state index contributed by atoms with van der Waals surface area (Å²) < 4.78 is 0. The van der Waals surface area contributed by atoms with Crippen LogP contribution < -0.4 is 11.1 Å². The van der Waals surface area contributed by atoms with Gasteiger partial charge in [0.1, 0.15) is 0 Å². The third-order valence-corrected chi connectivity index (χ3v) is 1.49. The zero-order valence-electron chi connectivity index (χ0n) is 4.98. The Kier molecular flexibility index (Phi) is 1.53. The van der Waals surface area contributed by atoms with Crippen LogP contribution in [0.25, 0.3) is 0 Å². The van der Waals surface area contributed by atoms with Crippen molar-refractivity contribution in [2.24, 2.45) is 5.73 Å². The molecule has 2 heteroatoms. The summed E-state index contributed by atoms with van der Waals surface area (Å²) in [5.74, 6) is 0. The molecule has 2 nitrogen and oxygen atoms in total. The van der Waals surface area contributed by atoms with Crippen molar-refractivity contribution in [3.05, 3.63) is 12.3 Å². The van der Waals surface area contributed by atoms with Crippen LogP contribution in [-0.2, 0) is 0 Å². The van der Waals surface area contributed by atoms with Crippen LogP contribution in [0.1, 0.15) is 12.8 Å². The summed E-state index contributed by atoms with van der Waals surface area (Å²) in [4.78, 5) is 0. The Morgan fingerprint density at radius 2 is 2.50 bits per heavy atom. The molecule has 0 aliphatic carbocycles. The minimum atomic E-state index is 0.198. The van der Waals surface area contributed by atoms with Crippen LogP contribution in [0.15, 0.2) is 12.3 Å². The Bertz CT molecular complexity index is 98.7. The quantitative estimate of drug-likeness (QED) is 0.470. The third kappa shape index (κ3) is 1.01. The molecule has 1 heterocycles. The largest absolute Gasteiger partial charge is 0.388 e. The molecular weight excluding hydrogens is 100 g/mol. The molecule has 0 amide bonds. The molecule has 1 aliphatic rings. The highest BCUT2D eigenvalue weighted by atomic mass is 14.9. The van der Waals surface area contributed by atoms with E-state index in [2.05, 4.69) is 11.9 Å². The van der Waals surface area contributed by atoms with Crippen LogP contribution in [-0.4, -0.2) is 12.6 Å². The smallest absolute Gasteiger partial charge is 0.0439 e. The molecule has 3 N–H and O–H groups in total. The Balaban J connectivity index is 2.39. The number of nitrogens with two attached hydrogens (primary N) is 1. The van der Waals surface area contributed by atoms with Gasteiger partial charge >= 0.3 is 0 Å². The lowest BCUT2D eigenvalue weighted by atomic mass is 10.1. The van der Waals surface area contributed by atoms with E-state index in [9.17, 15) is 0 Å². The molecule has 0 saturated carbocycles. The lowest BCUT2D eigenvalue weighted by Crippen LogP contribution is -2.36. The van der Waals surface area contributed by atoms with Crippen LogP contribution in [0.3, 0.4) is 0 Å². The Morgan fingerprint density at radius 1 is 1.75 bits per heavy atom. The summed E-state index contributed by atoms with van der Waals surface area (Å²) in [6.07, 6.45) is 2.27.